The first-order valence-corrected chi connectivity index (χ1v) is 10.2. The van der Waals surface area contributed by atoms with Gasteiger partial charge in [0.15, 0.2) is 5.96 Å². The van der Waals surface area contributed by atoms with Crippen LogP contribution in [-0.4, -0.2) is 45.9 Å². The molecule has 2 N–H and O–H groups in total. The van der Waals surface area contributed by atoms with E-state index in [9.17, 15) is 4.79 Å². The lowest BCUT2D eigenvalue weighted by atomic mass is 10.1. The number of carbonyl (C=O) groups excluding carboxylic acids is 1. The van der Waals surface area contributed by atoms with Gasteiger partial charge >= 0.3 is 6.09 Å². The molecule has 9 heteroatoms. The minimum absolute atomic E-state index is 0. The highest BCUT2D eigenvalue weighted by Gasteiger charge is 2.19. The van der Waals surface area contributed by atoms with Gasteiger partial charge in [0.2, 0.25) is 0 Å². The van der Waals surface area contributed by atoms with Crippen molar-refractivity contribution >= 4 is 36.0 Å². The predicted octanol–water partition coefficient (Wildman–Crippen LogP) is 3.66. The molecule has 0 atom stereocenters. The molecular formula is C22H35IN6O2. The quantitative estimate of drug-likeness (QED) is 0.317. The third kappa shape index (κ3) is 10.0. The Hall–Kier alpha value is -2.30. The van der Waals surface area contributed by atoms with Gasteiger partial charge in [0.25, 0.3) is 0 Å². The van der Waals surface area contributed by atoms with Gasteiger partial charge in [-0.1, -0.05) is 24.3 Å². The summed E-state index contributed by atoms with van der Waals surface area (Å²) in [6, 6.07) is 8.15. The summed E-state index contributed by atoms with van der Waals surface area (Å²) in [5.74, 6) is 0.759. The topological polar surface area (TPSA) is 83.8 Å². The van der Waals surface area contributed by atoms with E-state index in [-0.39, 0.29) is 30.1 Å². The normalized spacial score (nSPS) is 11.5. The number of nitrogens with one attached hydrogen (secondary N) is 2. The van der Waals surface area contributed by atoms with Crippen molar-refractivity contribution < 1.29 is 9.53 Å². The van der Waals surface area contributed by atoms with Crippen molar-refractivity contribution in [3.63, 3.8) is 0 Å². The van der Waals surface area contributed by atoms with Crippen LogP contribution in [0.25, 0.3) is 0 Å². The van der Waals surface area contributed by atoms with Gasteiger partial charge in [0.1, 0.15) is 5.60 Å². The molecule has 31 heavy (non-hydrogen) atoms. The Kier molecular flexibility index (Phi) is 10.8. The number of halogens is 1. The molecule has 8 nitrogen and oxygen atoms in total. The lowest BCUT2D eigenvalue weighted by molar-refractivity contribution is 0.0285. The van der Waals surface area contributed by atoms with E-state index >= 15 is 0 Å². The van der Waals surface area contributed by atoms with E-state index in [1.165, 1.54) is 0 Å². The lowest BCUT2D eigenvalue weighted by Crippen LogP contribution is -2.36. The second-order valence-electron chi connectivity index (χ2n) is 8.22. The second-order valence-corrected chi connectivity index (χ2v) is 8.22. The summed E-state index contributed by atoms with van der Waals surface area (Å²) in [6.07, 6.45) is 3.45. The smallest absolute Gasteiger partial charge is 0.410 e. The molecule has 0 unspecified atom stereocenters. The van der Waals surface area contributed by atoms with Crippen molar-refractivity contribution in [2.24, 2.45) is 12.0 Å². The molecule has 1 aromatic carbocycles. The predicted molar refractivity (Wildman–Crippen MR) is 134 cm³/mol. The molecule has 0 aliphatic carbocycles. The van der Waals surface area contributed by atoms with E-state index in [1.807, 2.05) is 59.3 Å². The zero-order valence-corrected chi connectivity index (χ0v) is 21.6. The van der Waals surface area contributed by atoms with Gasteiger partial charge in [-0.05, 0) is 38.8 Å². The highest BCUT2D eigenvalue weighted by Crippen LogP contribution is 2.12. The number of benzene rings is 1. The summed E-state index contributed by atoms with van der Waals surface area (Å²) >= 11 is 0. The van der Waals surface area contributed by atoms with Crippen LogP contribution in [0.5, 0.6) is 0 Å². The highest BCUT2D eigenvalue weighted by molar-refractivity contribution is 14.0. The molecule has 0 saturated heterocycles. The van der Waals surface area contributed by atoms with Gasteiger partial charge in [-0.25, -0.2) is 9.79 Å². The number of aryl methyl sites for hydroxylation is 1. The fraction of sp³-hybridized carbons (Fsp3) is 0.500. The first-order valence-electron chi connectivity index (χ1n) is 10.2. The number of aliphatic imine (C=N–C) groups is 1. The summed E-state index contributed by atoms with van der Waals surface area (Å²) < 4.78 is 7.16. The Morgan fingerprint density at radius 1 is 1.16 bits per heavy atom. The number of nitrogens with zero attached hydrogens (tertiary/aromatic N) is 4. The Balaban J connectivity index is 0.00000480. The first kappa shape index (κ1) is 26.7. The molecular weight excluding hydrogens is 507 g/mol. The molecule has 2 aromatic rings. The molecule has 0 spiro atoms. The van der Waals surface area contributed by atoms with E-state index in [0.717, 1.165) is 29.2 Å². The average molecular weight is 542 g/mol. The fourth-order valence-corrected chi connectivity index (χ4v) is 2.69. The van der Waals surface area contributed by atoms with Crippen LogP contribution in [0.2, 0.25) is 0 Å². The zero-order valence-electron chi connectivity index (χ0n) is 19.3. The van der Waals surface area contributed by atoms with Gasteiger partial charge < -0.3 is 20.3 Å². The Morgan fingerprint density at radius 2 is 1.81 bits per heavy atom. The van der Waals surface area contributed by atoms with E-state index in [2.05, 4.69) is 32.9 Å². The molecule has 0 radical (unpaired) electrons. The minimum atomic E-state index is -0.496. The summed E-state index contributed by atoms with van der Waals surface area (Å²) in [5.41, 5.74) is 2.74. The van der Waals surface area contributed by atoms with Crippen LogP contribution in [0.4, 0.5) is 4.79 Å². The SMILES string of the molecule is CCNC(=NCc1cnn(C)c1)NCc1ccc(CN(C)C(=O)OC(C)(C)C)cc1.I. The maximum Gasteiger partial charge on any atom is 0.410 e. The Bertz CT molecular complexity index is 842. The number of amides is 1. The molecule has 1 aromatic heterocycles. The Labute approximate surface area is 202 Å². The third-order valence-electron chi connectivity index (χ3n) is 4.13. The molecule has 1 heterocycles. The number of hydrogen-bond donors (Lipinski definition) is 2. The number of ether oxygens (including phenoxy) is 1. The van der Waals surface area contributed by atoms with Gasteiger partial charge in [-0.15, -0.1) is 24.0 Å². The molecule has 2 rings (SSSR count). The standard InChI is InChI=1S/C22H34N6O2.HI/c1-7-23-20(25-13-19-14-26-28(6)16-19)24-12-17-8-10-18(11-9-17)15-27(5)21(29)30-22(2,3)4;/h8-11,14,16H,7,12-13,15H2,1-6H3,(H2,23,24,25);1H. The molecule has 172 valence electrons. The van der Waals surface area contributed by atoms with Gasteiger partial charge in [0.05, 0.1) is 12.7 Å². The first-order chi connectivity index (χ1) is 14.2. The molecule has 0 aliphatic heterocycles. The summed E-state index contributed by atoms with van der Waals surface area (Å²) in [5, 5.41) is 10.8. The van der Waals surface area contributed by atoms with Crippen molar-refractivity contribution in [2.75, 3.05) is 13.6 Å². The van der Waals surface area contributed by atoms with Crippen LogP contribution in [0.3, 0.4) is 0 Å². The van der Waals surface area contributed by atoms with Crippen LogP contribution >= 0.6 is 24.0 Å². The van der Waals surface area contributed by atoms with Gasteiger partial charge in [-0.2, -0.15) is 5.10 Å². The van der Waals surface area contributed by atoms with E-state index < -0.39 is 5.60 Å². The van der Waals surface area contributed by atoms with E-state index in [0.29, 0.717) is 19.6 Å². The number of carbonyl (C=O) groups is 1. The molecule has 0 bridgehead atoms. The van der Waals surface area contributed by atoms with Crippen LogP contribution < -0.4 is 10.6 Å². The van der Waals surface area contributed by atoms with Crippen LogP contribution in [0.15, 0.2) is 41.7 Å². The molecule has 1 amide bonds. The average Bonchev–Trinajstić information content (AvgIpc) is 3.09. The maximum atomic E-state index is 12.1. The van der Waals surface area contributed by atoms with E-state index in [4.69, 9.17) is 4.74 Å². The van der Waals surface area contributed by atoms with Crippen LogP contribution in [-0.2, 0) is 31.4 Å². The molecule has 0 aliphatic rings. The Morgan fingerprint density at radius 3 is 2.35 bits per heavy atom. The number of hydrogen-bond acceptors (Lipinski definition) is 4. The second kappa shape index (κ2) is 12.5. The van der Waals surface area contributed by atoms with E-state index in [1.54, 1.807) is 16.6 Å². The van der Waals surface area contributed by atoms with Crippen LogP contribution in [0, 0.1) is 0 Å². The largest absolute Gasteiger partial charge is 0.444 e. The highest BCUT2D eigenvalue weighted by atomic mass is 127. The molecule has 0 fully saturated rings. The minimum Gasteiger partial charge on any atom is -0.444 e. The van der Waals surface area contributed by atoms with Crippen LogP contribution in [0.1, 0.15) is 44.4 Å². The van der Waals surface area contributed by atoms with Gasteiger partial charge in [-0.3, -0.25) is 4.68 Å². The van der Waals surface area contributed by atoms with Gasteiger partial charge in [0, 0.05) is 45.5 Å². The van der Waals surface area contributed by atoms with Crippen molar-refractivity contribution in [2.45, 2.75) is 52.9 Å². The monoisotopic (exact) mass is 542 g/mol. The van der Waals surface area contributed by atoms with Crippen molar-refractivity contribution in [3.8, 4) is 0 Å². The molecule has 0 saturated carbocycles. The number of guanidine groups is 1. The summed E-state index contributed by atoms with van der Waals surface area (Å²) in [7, 11) is 3.64. The van der Waals surface area contributed by atoms with Crippen molar-refractivity contribution in [3.05, 3.63) is 53.3 Å². The zero-order chi connectivity index (χ0) is 22.1. The van der Waals surface area contributed by atoms with Crippen molar-refractivity contribution in [1.29, 1.82) is 0 Å². The maximum absolute atomic E-state index is 12.1. The fourth-order valence-electron chi connectivity index (χ4n) is 2.69. The lowest BCUT2D eigenvalue weighted by Gasteiger charge is -2.24. The number of aromatic nitrogens is 2. The third-order valence-corrected chi connectivity index (χ3v) is 4.13. The van der Waals surface area contributed by atoms with Crippen molar-refractivity contribution in [1.82, 2.24) is 25.3 Å². The summed E-state index contributed by atoms with van der Waals surface area (Å²) in [6.45, 7) is 10.1. The number of rotatable bonds is 7. The summed E-state index contributed by atoms with van der Waals surface area (Å²) in [4.78, 5) is 18.3.